The van der Waals surface area contributed by atoms with Gasteiger partial charge >= 0.3 is 0 Å². The van der Waals surface area contributed by atoms with E-state index in [4.69, 9.17) is 9.40 Å². The van der Waals surface area contributed by atoms with Gasteiger partial charge in [0.2, 0.25) is 0 Å². The summed E-state index contributed by atoms with van der Waals surface area (Å²) in [5, 5.41) is 3.21. The molecule has 11 rings (SSSR count). The number of benzene rings is 8. The Balaban J connectivity index is 1.19. The molecule has 0 N–H and O–H groups in total. The molecule has 0 saturated heterocycles. The van der Waals surface area contributed by atoms with Crippen LogP contribution in [0.15, 0.2) is 199 Å². The van der Waals surface area contributed by atoms with E-state index < -0.39 is 5.41 Å². The SMILES string of the molecule is c1ccc(-c2nc3cc(N(c4ccc5c(c4)C(c4ccccc4)(c4ccccc4)c4ccccc4-5)c4cccc5c4oc4ccccc45)ccc3s2)cc1. The zero-order valence-electron chi connectivity index (χ0n) is 29.2. The molecule has 0 amide bonds. The highest BCUT2D eigenvalue weighted by atomic mass is 32.1. The summed E-state index contributed by atoms with van der Waals surface area (Å²) in [5.74, 6) is 0. The molecule has 254 valence electrons. The maximum absolute atomic E-state index is 6.72. The first-order valence-corrected chi connectivity index (χ1v) is 19.1. The highest BCUT2D eigenvalue weighted by Gasteiger charge is 2.46. The van der Waals surface area contributed by atoms with Crippen LogP contribution in [0.2, 0.25) is 0 Å². The van der Waals surface area contributed by atoms with Gasteiger partial charge in [0.15, 0.2) is 5.58 Å². The molecule has 3 nitrogen and oxygen atoms in total. The summed E-state index contributed by atoms with van der Waals surface area (Å²) in [5.41, 5.74) is 13.8. The summed E-state index contributed by atoms with van der Waals surface area (Å²) in [6, 6.07) is 69.7. The highest BCUT2D eigenvalue weighted by molar-refractivity contribution is 7.21. The molecule has 8 aromatic carbocycles. The molecule has 2 aromatic heterocycles. The van der Waals surface area contributed by atoms with Crippen molar-refractivity contribution in [1.82, 2.24) is 4.98 Å². The fraction of sp³-hybridized carbons (Fsp3) is 0.0200. The minimum Gasteiger partial charge on any atom is -0.454 e. The topological polar surface area (TPSA) is 29.3 Å². The van der Waals surface area contributed by atoms with Gasteiger partial charge in [0.25, 0.3) is 0 Å². The fourth-order valence-corrected chi connectivity index (χ4v) is 9.62. The van der Waals surface area contributed by atoms with E-state index in [9.17, 15) is 0 Å². The second kappa shape index (κ2) is 12.2. The average molecular weight is 709 g/mol. The molecular formula is C50H32N2OS. The van der Waals surface area contributed by atoms with Crippen molar-refractivity contribution in [2.45, 2.75) is 5.41 Å². The number of fused-ring (bicyclic) bond motifs is 7. The average Bonchev–Trinajstić information content (AvgIpc) is 3.93. The van der Waals surface area contributed by atoms with Gasteiger partial charge in [-0.2, -0.15) is 0 Å². The molecule has 0 radical (unpaired) electrons. The lowest BCUT2D eigenvalue weighted by molar-refractivity contribution is 0.669. The zero-order chi connectivity index (χ0) is 35.6. The van der Waals surface area contributed by atoms with Crippen LogP contribution in [0.1, 0.15) is 22.3 Å². The van der Waals surface area contributed by atoms with Crippen molar-refractivity contribution in [2.24, 2.45) is 0 Å². The molecule has 1 aliphatic rings. The van der Waals surface area contributed by atoms with E-state index in [0.29, 0.717) is 0 Å². The largest absolute Gasteiger partial charge is 0.454 e. The predicted molar refractivity (Wildman–Crippen MR) is 224 cm³/mol. The van der Waals surface area contributed by atoms with Crippen LogP contribution in [-0.2, 0) is 5.41 Å². The number of hydrogen-bond acceptors (Lipinski definition) is 4. The number of nitrogens with zero attached hydrogens (tertiary/aromatic N) is 2. The van der Waals surface area contributed by atoms with E-state index in [0.717, 1.165) is 59.8 Å². The summed E-state index contributed by atoms with van der Waals surface area (Å²) in [6.45, 7) is 0. The number of anilines is 3. The van der Waals surface area contributed by atoms with Gasteiger partial charge in [-0.15, -0.1) is 11.3 Å². The first kappa shape index (κ1) is 30.8. The lowest BCUT2D eigenvalue weighted by Crippen LogP contribution is -2.28. The number of para-hydroxylation sites is 2. The quantitative estimate of drug-likeness (QED) is 0.172. The minimum atomic E-state index is -0.523. The molecule has 1 aliphatic carbocycles. The van der Waals surface area contributed by atoms with Crippen LogP contribution in [0, 0.1) is 0 Å². The van der Waals surface area contributed by atoms with Crippen molar-refractivity contribution in [1.29, 1.82) is 0 Å². The predicted octanol–water partition coefficient (Wildman–Crippen LogP) is 13.7. The third kappa shape index (κ3) is 4.57. The van der Waals surface area contributed by atoms with Crippen molar-refractivity contribution in [2.75, 3.05) is 4.90 Å². The molecule has 0 spiro atoms. The summed E-state index contributed by atoms with van der Waals surface area (Å²) in [7, 11) is 0. The number of aromatic nitrogens is 1. The van der Waals surface area contributed by atoms with E-state index in [1.165, 1.54) is 33.4 Å². The van der Waals surface area contributed by atoms with Crippen LogP contribution in [0.4, 0.5) is 17.1 Å². The van der Waals surface area contributed by atoms with Gasteiger partial charge in [-0.05, 0) is 75.8 Å². The molecule has 0 unspecified atom stereocenters. The van der Waals surface area contributed by atoms with Crippen molar-refractivity contribution in [3.63, 3.8) is 0 Å². The molecule has 0 fully saturated rings. The number of hydrogen-bond donors (Lipinski definition) is 0. The van der Waals surface area contributed by atoms with Crippen molar-refractivity contribution < 1.29 is 4.42 Å². The molecule has 0 aliphatic heterocycles. The Labute approximate surface area is 317 Å². The van der Waals surface area contributed by atoms with Gasteiger partial charge in [0.05, 0.1) is 21.3 Å². The van der Waals surface area contributed by atoms with Gasteiger partial charge in [0, 0.05) is 27.7 Å². The zero-order valence-corrected chi connectivity index (χ0v) is 30.0. The van der Waals surface area contributed by atoms with Crippen LogP contribution >= 0.6 is 11.3 Å². The Bertz CT molecular complexity index is 2960. The lowest BCUT2D eigenvalue weighted by Gasteiger charge is -2.35. The summed E-state index contributed by atoms with van der Waals surface area (Å²) in [6.07, 6.45) is 0. The molecule has 0 saturated carbocycles. The molecule has 2 heterocycles. The Morgan fingerprint density at radius 3 is 1.93 bits per heavy atom. The number of furan rings is 1. The van der Waals surface area contributed by atoms with E-state index in [1.807, 2.05) is 12.1 Å². The van der Waals surface area contributed by atoms with Gasteiger partial charge in [0.1, 0.15) is 10.6 Å². The van der Waals surface area contributed by atoms with E-state index in [2.05, 4.69) is 187 Å². The highest BCUT2D eigenvalue weighted by Crippen LogP contribution is 2.57. The Hall–Kier alpha value is -6.75. The van der Waals surface area contributed by atoms with Crippen molar-refractivity contribution in [3.05, 3.63) is 216 Å². The Morgan fingerprint density at radius 2 is 1.13 bits per heavy atom. The summed E-state index contributed by atoms with van der Waals surface area (Å²) < 4.78 is 7.87. The summed E-state index contributed by atoms with van der Waals surface area (Å²) >= 11 is 1.72. The smallest absolute Gasteiger partial charge is 0.159 e. The molecule has 0 bridgehead atoms. The summed E-state index contributed by atoms with van der Waals surface area (Å²) in [4.78, 5) is 7.52. The lowest BCUT2D eigenvalue weighted by atomic mass is 9.67. The number of thiazole rings is 1. The molecular weight excluding hydrogens is 677 g/mol. The maximum Gasteiger partial charge on any atom is 0.159 e. The number of rotatable bonds is 6. The fourth-order valence-electron chi connectivity index (χ4n) is 8.67. The van der Waals surface area contributed by atoms with Crippen LogP contribution in [-0.4, -0.2) is 4.98 Å². The van der Waals surface area contributed by atoms with E-state index >= 15 is 0 Å². The molecule has 54 heavy (non-hydrogen) atoms. The standard InChI is InChI=1S/C50H32N2OS/c1-4-15-33(16-5-1)49-51-44-32-37(28-30-47(44)54-49)52(45-25-14-23-41-40-22-11-13-26-46(40)53-48(41)45)36-27-29-39-38-21-10-12-24-42(38)50(43(39)31-36,34-17-6-2-7-18-34)35-19-8-3-9-20-35/h1-32H. The van der Waals surface area contributed by atoms with Gasteiger partial charge in [-0.25, -0.2) is 4.98 Å². The monoisotopic (exact) mass is 708 g/mol. The first-order valence-electron chi connectivity index (χ1n) is 18.3. The van der Waals surface area contributed by atoms with Crippen LogP contribution in [0.3, 0.4) is 0 Å². The Kier molecular flexibility index (Phi) is 6.94. The molecule has 0 atom stereocenters. The minimum absolute atomic E-state index is 0.523. The van der Waals surface area contributed by atoms with Gasteiger partial charge in [-0.1, -0.05) is 152 Å². The van der Waals surface area contributed by atoms with Crippen LogP contribution in [0.25, 0.3) is 53.9 Å². The third-order valence-corrected chi connectivity index (χ3v) is 12.1. The van der Waals surface area contributed by atoms with Crippen LogP contribution in [0.5, 0.6) is 0 Å². The first-order chi connectivity index (χ1) is 26.8. The molecule has 4 heteroatoms. The van der Waals surface area contributed by atoms with Gasteiger partial charge in [-0.3, -0.25) is 0 Å². The Morgan fingerprint density at radius 1 is 0.500 bits per heavy atom. The van der Waals surface area contributed by atoms with Crippen molar-refractivity contribution >= 4 is 60.6 Å². The normalized spacial score (nSPS) is 13.0. The van der Waals surface area contributed by atoms with E-state index in [1.54, 1.807) is 11.3 Å². The van der Waals surface area contributed by atoms with Gasteiger partial charge < -0.3 is 9.32 Å². The van der Waals surface area contributed by atoms with Crippen molar-refractivity contribution in [3.8, 4) is 21.7 Å². The maximum atomic E-state index is 6.72. The second-order valence-corrected chi connectivity index (χ2v) is 14.9. The van der Waals surface area contributed by atoms with Crippen LogP contribution < -0.4 is 4.90 Å². The third-order valence-electron chi connectivity index (χ3n) is 11.0. The molecule has 10 aromatic rings. The second-order valence-electron chi connectivity index (χ2n) is 13.9. The van der Waals surface area contributed by atoms with E-state index in [-0.39, 0.29) is 0 Å².